The number of nitrogens with zero attached hydrogens (tertiary/aromatic N) is 1. The topological polar surface area (TPSA) is 123 Å². The number of halogens is 3. The van der Waals surface area contributed by atoms with E-state index in [-0.39, 0.29) is 34.6 Å². The Morgan fingerprint density at radius 1 is 1.12 bits per heavy atom. The van der Waals surface area contributed by atoms with Gasteiger partial charge in [-0.05, 0) is 30.7 Å². The fourth-order valence-corrected chi connectivity index (χ4v) is 3.81. The Labute approximate surface area is 196 Å². The van der Waals surface area contributed by atoms with Gasteiger partial charge in [-0.3, -0.25) is 4.79 Å². The van der Waals surface area contributed by atoms with Crippen LogP contribution in [0.4, 0.5) is 9.18 Å². The summed E-state index contributed by atoms with van der Waals surface area (Å²) in [6.07, 6.45) is 0. The average molecular weight is 490 g/mol. The quantitative estimate of drug-likeness (QED) is 0.285. The van der Waals surface area contributed by atoms with Gasteiger partial charge < -0.3 is 25.7 Å². The van der Waals surface area contributed by atoms with Crippen LogP contribution in [0.2, 0.25) is 10.2 Å². The lowest BCUT2D eigenvalue weighted by Crippen LogP contribution is -2.35. The molecular formula is C22H18Cl2FN5O3. The van der Waals surface area contributed by atoms with Crippen LogP contribution in [0.5, 0.6) is 5.75 Å². The lowest BCUT2D eigenvalue weighted by molar-refractivity contribution is 0.239. The lowest BCUT2D eigenvalue weighted by atomic mass is 10.1. The van der Waals surface area contributed by atoms with Gasteiger partial charge in [-0.2, -0.15) is 0 Å². The molecule has 11 heteroatoms. The minimum atomic E-state index is -0.541. The van der Waals surface area contributed by atoms with Crippen LogP contribution in [-0.4, -0.2) is 26.1 Å². The number of benzene rings is 2. The van der Waals surface area contributed by atoms with Crippen molar-refractivity contribution in [3.63, 3.8) is 0 Å². The van der Waals surface area contributed by atoms with Crippen LogP contribution in [0.1, 0.15) is 17.0 Å². The number of rotatable bonds is 5. The summed E-state index contributed by atoms with van der Waals surface area (Å²) in [5.74, 6) is -0.277. The van der Waals surface area contributed by atoms with Crippen LogP contribution >= 0.6 is 23.2 Å². The van der Waals surface area contributed by atoms with E-state index in [0.717, 1.165) is 6.07 Å². The highest BCUT2D eigenvalue weighted by Crippen LogP contribution is 2.30. The van der Waals surface area contributed by atoms with Crippen molar-refractivity contribution in [2.24, 2.45) is 0 Å². The third-order valence-electron chi connectivity index (χ3n) is 5.02. The first-order chi connectivity index (χ1) is 15.7. The van der Waals surface area contributed by atoms with Gasteiger partial charge in [0.15, 0.2) is 0 Å². The van der Waals surface area contributed by atoms with E-state index in [1.807, 2.05) is 0 Å². The van der Waals surface area contributed by atoms with Gasteiger partial charge in [-0.25, -0.2) is 14.2 Å². The van der Waals surface area contributed by atoms with Crippen LogP contribution < -0.4 is 16.2 Å². The average Bonchev–Trinajstić information content (AvgIpc) is 3.15. The molecule has 170 valence electrons. The Bertz CT molecular complexity index is 1430. The molecule has 5 N–H and O–H groups in total. The molecule has 0 spiro atoms. The zero-order chi connectivity index (χ0) is 23.7. The highest BCUT2D eigenvalue weighted by atomic mass is 35.5. The summed E-state index contributed by atoms with van der Waals surface area (Å²) in [5.41, 5.74) is 1.99. The molecule has 2 heterocycles. The van der Waals surface area contributed by atoms with Crippen LogP contribution in [0.15, 0.2) is 41.2 Å². The number of aromatic nitrogens is 3. The largest absolute Gasteiger partial charge is 0.507 e. The molecule has 4 rings (SSSR count). The first kappa shape index (κ1) is 22.6. The normalized spacial score (nSPS) is 11.0. The minimum absolute atomic E-state index is 0.0295. The Morgan fingerprint density at radius 3 is 2.67 bits per heavy atom. The predicted octanol–water partition coefficient (Wildman–Crippen LogP) is 4.38. The second-order valence-corrected chi connectivity index (χ2v) is 8.07. The molecule has 33 heavy (non-hydrogen) atoms. The van der Waals surface area contributed by atoms with Crippen molar-refractivity contribution in [2.75, 3.05) is 0 Å². The number of hydrogen-bond acceptors (Lipinski definition) is 4. The standard InChI is InChI=1S/C22H18Cl2FN5O3/c1-10-2-4-14(25)13(19(10)23)8-26-22(33)27-9-17-29-20(21(24)30-17)11-3-5-15-12(6-11)16(31)7-18(32)28-15/h2-7H,8-9H2,1H3,(H,29,30)(H2,26,27,33)(H2,28,31,32). The smallest absolute Gasteiger partial charge is 0.315 e. The van der Waals surface area contributed by atoms with Crippen molar-refractivity contribution >= 4 is 40.1 Å². The van der Waals surface area contributed by atoms with Gasteiger partial charge in [0.25, 0.3) is 5.56 Å². The van der Waals surface area contributed by atoms with Gasteiger partial charge in [0, 0.05) is 29.1 Å². The van der Waals surface area contributed by atoms with E-state index in [1.54, 1.807) is 31.2 Å². The fourth-order valence-electron chi connectivity index (χ4n) is 3.33. The van der Waals surface area contributed by atoms with Gasteiger partial charge in [0.05, 0.1) is 17.1 Å². The molecule has 0 radical (unpaired) electrons. The van der Waals surface area contributed by atoms with E-state index in [9.17, 15) is 19.1 Å². The van der Waals surface area contributed by atoms with Crippen molar-refractivity contribution in [1.29, 1.82) is 0 Å². The summed E-state index contributed by atoms with van der Waals surface area (Å²) in [5, 5.41) is 16.2. The van der Waals surface area contributed by atoms with E-state index >= 15 is 0 Å². The molecular weight excluding hydrogens is 472 g/mol. The molecule has 2 aromatic heterocycles. The summed E-state index contributed by atoms with van der Waals surface area (Å²) < 4.78 is 14.0. The molecule has 4 aromatic rings. The number of carbonyl (C=O) groups excluding carboxylic acids is 1. The van der Waals surface area contributed by atoms with Gasteiger partial charge in [0.1, 0.15) is 28.2 Å². The zero-order valence-electron chi connectivity index (χ0n) is 17.2. The lowest BCUT2D eigenvalue weighted by Gasteiger charge is -2.10. The van der Waals surface area contributed by atoms with Crippen LogP contribution in [0.25, 0.3) is 22.2 Å². The number of aryl methyl sites for hydroxylation is 1. The maximum absolute atomic E-state index is 14.0. The summed E-state index contributed by atoms with van der Waals surface area (Å²) in [6.45, 7) is 1.70. The SMILES string of the molecule is Cc1ccc(F)c(CNC(=O)NCc2nc(-c3ccc4[nH]c(=O)cc(O)c4c3)c(Cl)[nH]2)c1Cl. The minimum Gasteiger partial charge on any atom is -0.507 e. The molecule has 2 amide bonds. The third-order valence-corrected chi connectivity index (χ3v) is 5.82. The molecule has 0 bridgehead atoms. The zero-order valence-corrected chi connectivity index (χ0v) is 18.7. The number of amides is 2. The number of H-pyrrole nitrogens is 2. The third kappa shape index (κ3) is 4.79. The number of aromatic hydroxyl groups is 1. The number of nitrogens with one attached hydrogen (secondary N) is 4. The number of urea groups is 1. The summed E-state index contributed by atoms with van der Waals surface area (Å²) in [6, 6.07) is 8.39. The maximum Gasteiger partial charge on any atom is 0.315 e. The number of hydrogen-bond donors (Lipinski definition) is 5. The van der Waals surface area contributed by atoms with Crippen LogP contribution in [-0.2, 0) is 13.1 Å². The van der Waals surface area contributed by atoms with E-state index in [2.05, 4.69) is 25.6 Å². The molecule has 0 unspecified atom stereocenters. The first-order valence-corrected chi connectivity index (χ1v) is 10.5. The van der Waals surface area contributed by atoms with Crippen molar-refractivity contribution in [1.82, 2.24) is 25.6 Å². The van der Waals surface area contributed by atoms with Crippen molar-refractivity contribution < 1.29 is 14.3 Å². The molecule has 0 aliphatic rings. The predicted molar refractivity (Wildman–Crippen MR) is 124 cm³/mol. The highest BCUT2D eigenvalue weighted by Gasteiger charge is 2.14. The highest BCUT2D eigenvalue weighted by molar-refractivity contribution is 6.32. The summed E-state index contributed by atoms with van der Waals surface area (Å²) in [4.78, 5) is 33.6. The Balaban J connectivity index is 1.44. The first-order valence-electron chi connectivity index (χ1n) is 9.79. The molecule has 2 aromatic carbocycles. The van der Waals surface area contributed by atoms with Crippen LogP contribution in [0, 0.1) is 12.7 Å². The van der Waals surface area contributed by atoms with E-state index < -0.39 is 17.4 Å². The van der Waals surface area contributed by atoms with Crippen LogP contribution in [0.3, 0.4) is 0 Å². The molecule has 0 saturated carbocycles. The van der Waals surface area contributed by atoms with Gasteiger partial charge in [0.2, 0.25) is 0 Å². The summed E-state index contributed by atoms with van der Waals surface area (Å²) in [7, 11) is 0. The number of imidazole rings is 1. The summed E-state index contributed by atoms with van der Waals surface area (Å²) >= 11 is 12.4. The maximum atomic E-state index is 14.0. The molecule has 0 aliphatic carbocycles. The number of aromatic amines is 2. The molecule has 0 atom stereocenters. The Kier molecular flexibility index (Phi) is 6.26. The monoisotopic (exact) mass is 489 g/mol. The number of carbonyl (C=O) groups is 1. The molecule has 0 aliphatic heterocycles. The Hall–Kier alpha value is -3.56. The van der Waals surface area contributed by atoms with E-state index in [0.29, 0.717) is 33.5 Å². The second-order valence-electron chi connectivity index (χ2n) is 7.32. The van der Waals surface area contributed by atoms with Crippen molar-refractivity contribution in [3.8, 4) is 17.0 Å². The number of pyridine rings is 1. The number of fused-ring (bicyclic) bond motifs is 1. The van der Waals surface area contributed by atoms with Crippen molar-refractivity contribution in [3.05, 3.63) is 79.7 Å². The van der Waals surface area contributed by atoms with Crippen molar-refractivity contribution in [2.45, 2.75) is 20.0 Å². The van der Waals surface area contributed by atoms with Gasteiger partial charge in [-0.1, -0.05) is 35.3 Å². The van der Waals surface area contributed by atoms with Gasteiger partial charge in [-0.15, -0.1) is 0 Å². The Morgan fingerprint density at radius 2 is 1.88 bits per heavy atom. The molecule has 8 nitrogen and oxygen atoms in total. The fraction of sp³-hybridized carbons (Fsp3) is 0.136. The van der Waals surface area contributed by atoms with E-state index in [4.69, 9.17) is 23.2 Å². The van der Waals surface area contributed by atoms with Gasteiger partial charge >= 0.3 is 6.03 Å². The second kappa shape index (κ2) is 9.13. The molecule has 0 saturated heterocycles. The van der Waals surface area contributed by atoms with E-state index in [1.165, 1.54) is 6.07 Å². The molecule has 0 fully saturated rings.